The fraction of sp³-hybridized carbons (Fsp3) is 0. The van der Waals surface area contributed by atoms with Gasteiger partial charge in [0, 0.05) is 20.9 Å². The Morgan fingerprint density at radius 2 is 2.50 bits per heavy atom. The molecule has 1 heterocycles. The van der Waals surface area contributed by atoms with Crippen molar-refractivity contribution in [3.63, 3.8) is 0 Å². The van der Waals surface area contributed by atoms with E-state index in [0.29, 0.717) is 8.55 Å². The van der Waals surface area contributed by atoms with Crippen LogP contribution in [0.1, 0.15) is 0 Å². The molecule has 0 radical (unpaired) electrons. The highest BCUT2D eigenvalue weighted by Crippen LogP contribution is 1.75. The van der Waals surface area contributed by atoms with Crippen molar-refractivity contribution in [3.05, 3.63) is 18.5 Å². The molecule has 1 aromatic heterocycles. The van der Waals surface area contributed by atoms with E-state index in [1.165, 1.54) is 9.76 Å². The first-order chi connectivity index (χ1) is 3.93. The Morgan fingerprint density at radius 3 is 3.00 bits per heavy atom. The summed E-state index contributed by atoms with van der Waals surface area (Å²) in [5.41, 5.74) is 0. The third kappa shape index (κ3) is 1.42. The van der Waals surface area contributed by atoms with Crippen LogP contribution in [0.3, 0.4) is 0 Å². The van der Waals surface area contributed by atoms with E-state index in [-0.39, 0.29) is 9.20 Å². The first kappa shape index (κ1) is 5.99. The highest BCUT2D eigenvalue weighted by molar-refractivity contribution is 7.23. The first-order valence-corrected chi connectivity index (χ1v) is 13.2. The maximum atomic E-state index is 4.14. The summed E-state index contributed by atoms with van der Waals surface area (Å²) < 4.78 is 2.17. The molecule has 0 N–H and O–H groups in total. The lowest BCUT2D eigenvalue weighted by atomic mass is 10.8. The van der Waals surface area contributed by atoms with Gasteiger partial charge in [0.15, 0.2) is 0 Å². The molecule has 1 aromatic rings. The van der Waals surface area contributed by atoms with Crippen LogP contribution >= 0.6 is 0 Å². The molecule has 44 valence electrons. The zero-order chi connectivity index (χ0) is 5.82. The quantitative estimate of drug-likeness (QED) is 0.425. The molecule has 0 amide bonds. The SMILES string of the molecule is [SiH3][SiH2][SiH2]n1cccn1. The smallest absolute Gasteiger partial charge is 0.133 e. The molecule has 0 unspecified atom stereocenters. The van der Waals surface area contributed by atoms with Crippen molar-refractivity contribution in [2.45, 2.75) is 0 Å². The molecule has 2 nitrogen and oxygen atoms in total. The maximum Gasteiger partial charge on any atom is 0.133 e. The number of hydrogen-bond acceptors (Lipinski definition) is 1. The predicted octanol–water partition coefficient (Wildman–Crippen LogP) is -2.82. The molecule has 0 spiro atoms. The van der Waals surface area contributed by atoms with Crippen molar-refractivity contribution in [2.24, 2.45) is 0 Å². The Kier molecular flexibility index (Phi) is 2.25. The summed E-state index contributed by atoms with van der Waals surface area (Å²) in [6.07, 6.45) is 3.97. The van der Waals surface area contributed by atoms with E-state index in [9.17, 15) is 0 Å². The molecule has 5 heteroatoms. The molecule has 8 heavy (non-hydrogen) atoms. The second-order valence-corrected chi connectivity index (χ2v) is 17.2. The van der Waals surface area contributed by atoms with Gasteiger partial charge in [0.05, 0.1) is 0 Å². The fourth-order valence-electron chi connectivity index (χ4n) is 0.662. The number of aromatic nitrogens is 2. The molecule has 0 bridgehead atoms. The Balaban J connectivity index is 2.50. The molecule has 1 rings (SSSR count). The average molecular weight is 158 g/mol. The second kappa shape index (κ2) is 3.00. The summed E-state index contributed by atoms with van der Waals surface area (Å²) in [5, 5.41) is 4.14. The van der Waals surface area contributed by atoms with Gasteiger partial charge < -0.3 is 4.35 Å². The Hall–Kier alpha value is -0.139. The molecule has 0 saturated heterocycles. The molecular formula is C3H10N2Si3. The third-order valence-electron chi connectivity index (χ3n) is 1.01. The first-order valence-electron chi connectivity index (χ1n) is 2.91. The van der Waals surface area contributed by atoms with Crippen molar-refractivity contribution in [3.8, 4) is 0 Å². The van der Waals surface area contributed by atoms with Crippen LogP contribution in [0.25, 0.3) is 0 Å². The van der Waals surface area contributed by atoms with Crippen LogP contribution in [0, 0.1) is 0 Å². The summed E-state index contributed by atoms with van der Waals surface area (Å²) in [5.74, 6) is 0. The van der Waals surface area contributed by atoms with Crippen molar-refractivity contribution < 1.29 is 0 Å². The summed E-state index contributed by atoms with van der Waals surface area (Å²) in [4.78, 5) is 0. The van der Waals surface area contributed by atoms with E-state index in [4.69, 9.17) is 0 Å². The summed E-state index contributed by atoms with van der Waals surface area (Å²) in [6, 6.07) is 2.01. The van der Waals surface area contributed by atoms with E-state index in [0.717, 1.165) is 0 Å². The lowest BCUT2D eigenvalue weighted by Crippen LogP contribution is -2.14. The van der Waals surface area contributed by atoms with E-state index in [1.54, 1.807) is 0 Å². The number of hydrogen-bond donors (Lipinski definition) is 0. The van der Waals surface area contributed by atoms with Gasteiger partial charge in [-0.25, -0.2) is 0 Å². The van der Waals surface area contributed by atoms with Gasteiger partial charge in [-0.2, -0.15) is 5.10 Å². The van der Waals surface area contributed by atoms with Crippen LogP contribution in [-0.4, -0.2) is 37.0 Å². The van der Waals surface area contributed by atoms with Crippen LogP contribution < -0.4 is 0 Å². The maximum absolute atomic E-state index is 4.14. The van der Waals surface area contributed by atoms with Gasteiger partial charge in [-0.05, 0) is 15.8 Å². The monoisotopic (exact) mass is 158 g/mol. The fourth-order valence-corrected chi connectivity index (χ4v) is 7.89. The standard InChI is InChI=1S/C3H10N2Si3/c6-8-7-5-3-1-2-4-5/h1-3H,7-8H2,6H3. The molecule has 0 saturated carbocycles. The van der Waals surface area contributed by atoms with Crippen LogP contribution in [0.5, 0.6) is 0 Å². The molecule has 0 fully saturated rings. The molecule has 0 aliphatic rings. The third-order valence-corrected chi connectivity index (χ3v) is 9.03. The van der Waals surface area contributed by atoms with Crippen LogP contribution in [0.4, 0.5) is 0 Å². The van der Waals surface area contributed by atoms with Gasteiger partial charge in [-0.3, -0.25) is 0 Å². The normalized spacial score (nSPS) is 13.0. The van der Waals surface area contributed by atoms with Crippen molar-refractivity contribution in [2.75, 3.05) is 0 Å². The van der Waals surface area contributed by atoms with Crippen molar-refractivity contribution >= 4 is 27.5 Å². The Labute approximate surface area is 56.0 Å². The van der Waals surface area contributed by atoms with Gasteiger partial charge in [0.1, 0.15) is 9.20 Å². The topological polar surface area (TPSA) is 17.8 Å². The minimum Gasteiger partial charge on any atom is -0.313 e. The average Bonchev–Trinajstić information content (AvgIpc) is 2.19. The van der Waals surface area contributed by atoms with Crippen molar-refractivity contribution in [1.82, 2.24) is 9.45 Å². The van der Waals surface area contributed by atoms with E-state index < -0.39 is 0 Å². The van der Waals surface area contributed by atoms with Crippen molar-refractivity contribution in [1.29, 1.82) is 0 Å². The largest absolute Gasteiger partial charge is 0.313 e. The number of nitrogens with zero attached hydrogens (tertiary/aromatic N) is 2. The van der Waals surface area contributed by atoms with E-state index in [2.05, 4.69) is 15.6 Å². The summed E-state index contributed by atoms with van der Waals surface area (Å²) in [7, 11) is 2.05. The minimum atomic E-state index is 0.147. The van der Waals surface area contributed by atoms with Gasteiger partial charge in [0.2, 0.25) is 0 Å². The van der Waals surface area contributed by atoms with E-state index >= 15 is 0 Å². The highest BCUT2D eigenvalue weighted by Gasteiger charge is 1.84. The minimum absolute atomic E-state index is 0.147. The summed E-state index contributed by atoms with van der Waals surface area (Å²) in [6.45, 7) is 0. The molecule has 0 aliphatic heterocycles. The van der Waals surface area contributed by atoms with Crippen LogP contribution in [0.2, 0.25) is 0 Å². The number of rotatable bonds is 2. The molecule has 0 aliphatic carbocycles. The molecule has 0 aromatic carbocycles. The van der Waals surface area contributed by atoms with Gasteiger partial charge in [-0.1, -0.05) is 0 Å². The molecule has 0 atom stereocenters. The zero-order valence-corrected chi connectivity index (χ0v) is 9.87. The predicted molar refractivity (Wildman–Crippen MR) is 44.7 cm³/mol. The van der Waals surface area contributed by atoms with E-state index in [1.807, 2.05) is 12.3 Å². The van der Waals surface area contributed by atoms with Gasteiger partial charge in [0.25, 0.3) is 0 Å². The van der Waals surface area contributed by atoms with Crippen LogP contribution in [0.15, 0.2) is 18.5 Å². The van der Waals surface area contributed by atoms with Crippen LogP contribution in [-0.2, 0) is 0 Å². The van der Waals surface area contributed by atoms with Gasteiger partial charge in [-0.15, -0.1) is 0 Å². The van der Waals surface area contributed by atoms with Gasteiger partial charge >= 0.3 is 0 Å². The molecular weight excluding hydrogens is 148 g/mol. The Bertz CT molecular complexity index is 138. The zero-order valence-electron chi connectivity index (χ0n) is 5.04. The summed E-state index contributed by atoms with van der Waals surface area (Å²) >= 11 is 0. The lowest BCUT2D eigenvalue weighted by Gasteiger charge is -1.91. The lowest BCUT2D eigenvalue weighted by molar-refractivity contribution is 0.987. The highest BCUT2D eigenvalue weighted by atomic mass is 29.5. The Morgan fingerprint density at radius 1 is 1.62 bits per heavy atom. The second-order valence-electron chi connectivity index (χ2n) is 1.77.